The monoisotopic (exact) mass is 464 g/mol. The SMILES string of the molecule is COc1ccc(C)cc1S(=O)(=O)N(CC(=O)N1c2ccccc2CC1C)Cc1ccccc1. The molecule has 0 bridgehead atoms. The highest BCUT2D eigenvalue weighted by atomic mass is 32.2. The number of methoxy groups -OCH3 is 1. The highest BCUT2D eigenvalue weighted by Gasteiger charge is 2.35. The number of hydrogen-bond donors (Lipinski definition) is 0. The topological polar surface area (TPSA) is 66.9 Å². The highest BCUT2D eigenvalue weighted by Crippen LogP contribution is 2.33. The maximum Gasteiger partial charge on any atom is 0.247 e. The summed E-state index contributed by atoms with van der Waals surface area (Å²) in [6.07, 6.45) is 0.749. The molecule has 172 valence electrons. The largest absolute Gasteiger partial charge is 0.495 e. The number of carbonyl (C=O) groups is 1. The van der Waals surface area contributed by atoms with Crippen LogP contribution < -0.4 is 9.64 Å². The van der Waals surface area contributed by atoms with Crippen molar-refractivity contribution in [1.29, 1.82) is 0 Å². The quantitative estimate of drug-likeness (QED) is 0.526. The molecule has 0 saturated carbocycles. The van der Waals surface area contributed by atoms with E-state index >= 15 is 0 Å². The van der Waals surface area contributed by atoms with Crippen molar-refractivity contribution in [2.24, 2.45) is 0 Å². The predicted octanol–water partition coefficient (Wildman–Crippen LogP) is 4.17. The van der Waals surface area contributed by atoms with E-state index < -0.39 is 10.0 Å². The Hall–Kier alpha value is -3.16. The Morgan fingerprint density at radius 2 is 1.76 bits per heavy atom. The lowest BCUT2D eigenvalue weighted by Gasteiger charge is -2.28. The third-order valence-corrected chi connectivity index (χ3v) is 7.74. The summed E-state index contributed by atoms with van der Waals surface area (Å²) < 4.78 is 34.2. The van der Waals surface area contributed by atoms with Crippen LogP contribution in [-0.4, -0.2) is 38.3 Å². The number of hydrogen-bond acceptors (Lipinski definition) is 4. The van der Waals surface area contributed by atoms with Crippen molar-refractivity contribution in [2.75, 3.05) is 18.6 Å². The third-order valence-electron chi connectivity index (χ3n) is 5.93. The molecule has 33 heavy (non-hydrogen) atoms. The summed E-state index contributed by atoms with van der Waals surface area (Å²) >= 11 is 0. The van der Waals surface area contributed by atoms with Gasteiger partial charge in [-0.2, -0.15) is 4.31 Å². The van der Waals surface area contributed by atoms with Gasteiger partial charge >= 0.3 is 0 Å². The van der Waals surface area contributed by atoms with Crippen LogP contribution in [0.15, 0.2) is 77.7 Å². The second-order valence-electron chi connectivity index (χ2n) is 8.36. The van der Waals surface area contributed by atoms with Crippen LogP contribution in [0.1, 0.15) is 23.6 Å². The smallest absolute Gasteiger partial charge is 0.247 e. The number of amides is 1. The molecule has 0 N–H and O–H groups in total. The van der Waals surface area contributed by atoms with E-state index in [1.807, 2.05) is 68.4 Å². The molecule has 3 aromatic rings. The lowest BCUT2D eigenvalue weighted by Crippen LogP contribution is -2.44. The molecule has 3 aromatic carbocycles. The number of rotatable bonds is 7. The van der Waals surface area contributed by atoms with Gasteiger partial charge in [-0.15, -0.1) is 0 Å². The van der Waals surface area contributed by atoms with Gasteiger partial charge in [0.25, 0.3) is 0 Å². The van der Waals surface area contributed by atoms with Crippen molar-refractivity contribution < 1.29 is 17.9 Å². The second-order valence-corrected chi connectivity index (χ2v) is 10.3. The number of anilines is 1. The number of nitrogens with zero attached hydrogens (tertiary/aromatic N) is 2. The number of fused-ring (bicyclic) bond motifs is 1. The van der Waals surface area contributed by atoms with Gasteiger partial charge < -0.3 is 9.64 Å². The van der Waals surface area contributed by atoms with Gasteiger partial charge in [0.2, 0.25) is 15.9 Å². The summed E-state index contributed by atoms with van der Waals surface area (Å²) in [6, 6.07) is 22.1. The molecule has 0 saturated heterocycles. The van der Waals surface area contributed by atoms with Gasteiger partial charge in [0.05, 0.1) is 13.7 Å². The molecule has 7 heteroatoms. The van der Waals surface area contributed by atoms with Crippen LogP contribution in [0.25, 0.3) is 0 Å². The summed E-state index contributed by atoms with van der Waals surface area (Å²) in [4.78, 5) is 15.3. The molecule has 6 nitrogen and oxygen atoms in total. The van der Waals surface area contributed by atoms with E-state index in [2.05, 4.69) is 0 Å². The molecule has 1 aliphatic rings. The fraction of sp³-hybridized carbons (Fsp3) is 0.269. The minimum atomic E-state index is -4.02. The Balaban J connectivity index is 1.72. The van der Waals surface area contributed by atoms with Crippen molar-refractivity contribution >= 4 is 21.6 Å². The Bertz CT molecular complexity index is 1260. The number of benzene rings is 3. The summed E-state index contributed by atoms with van der Waals surface area (Å²) in [5.41, 5.74) is 3.54. The molecule has 1 atom stereocenters. The van der Waals surface area contributed by atoms with E-state index in [0.717, 1.165) is 28.8 Å². The average Bonchev–Trinajstić information content (AvgIpc) is 3.15. The molecule has 1 amide bonds. The number of ether oxygens (including phenoxy) is 1. The van der Waals surface area contributed by atoms with Crippen molar-refractivity contribution in [1.82, 2.24) is 4.31 Å². The first-order valence-corrected chi connectivity index (χ1v) is 12.3. The Morgan fingerprint density at radius 3 is 2.48 bits per heavy atom. The molecule has 1 heterocycles. The number of sulfonamides is 1. The van der Waals surface area contributed by atoms with Gasteiger partial charge in [-0.1, -0.05) is 54.6 Å². The molecule has 1 aliphatic heterocycles. The number of aryl methyl sites for hydroxylation is 1. The zero-order valence-corrected chi connectivity index (χ0v) is 19.9. The van der Waals surface area contributed by atoms with Crippen LogP contribution in [-0.2, 0) is 27.8 Å². The lowest BCUT2D eigenvalue weighted by atomic mass is 10.1. The van der Waals surface area contributed by atoms with Crippen LogP contribution >= 0.6 is 0 Å². The molecule has 0 aliphatic carbocycles. The van der Waals surface area contributed by atoms with E-state index in [-0.39, 0.29) is 35.7 Å². The molecular weight excluding hydrogens is 436 g/mol. The Labute approximate surface area is 195 Å². The predicted molar refractivity (Wildman–Crippen MR) is 129 cm³/mol. The second kappa shape index (κ2) is 9.37. The van der Waals surface area contributed by atoms with Gasteiger partial charge in [-0.05, 0) is 55.2 Å². The first-order valence-electron chi connectivity index (χ1n) is 10.9. The summed E-state index contributed by atoms with van der Waals surface area (Å²) in [6.45, 7) is 3.62. The van der Waals surface area contributed by atoms with Gasteiger partial charge in [-0.25, -0.2) is 8.42 Å². The van der Waals surface area contributed by atoms with E-state index in [9.17, 15) is 13.2 Å². The van der Waals surface area contributed by atoms with Crippen molar-refractivity contribution in [2.45, 2.75) is 37.8 Å². The van der Waals surface area contributed by atoms with E-state index in [4.69, 9.17) is 4.74 Å². The molecule has 4 rings (SSSR count). The van der Waals surface area contributed by atoms with Crippen LogP contribution in [0, 0.1) is 6.92 Å². The number of para-hydroxylation sites is 1. The standard InChI is InChI=1S/C26H28N2O4S/c1-19-13-14-24(32-3)25(15-19)33(30,31)27(17-21-9-5-4-6-10-21)18-26(29)28-20(2)16-22-11-7-8-12-23(22)28/h4-15,20H,16-18H2,1-3H3. The maximum absolute atomic E-state index is 13.8. The van der Waals surface area contributed by atoms with E-state index in [1.54, 1.807) is 23.1 Å². The summed E-state index contributed by atoms with van der Waals surface area (Å²) in [7, 11) is -2.58. The van der Waals surface area contributed by atoms with Crippen LogP contribution in [0.5, 0.6) is 5.75 Å². The zero-order valence-electron chi connectivity index (χ0n) is 19.1. The summed E-state index contributed by atoms with van der Waals surface area (Å²) in [5, 5.41) is 0. The first-order chi connectivity index (χ1) is 15.8. The van der Waals surface area contributed by atoms with Gasteiger partial charge in [-0.3, -0.25) is 4.79 Å². The van der Waals surface area contributed by atoms with Crippen LogP contribution in [0.4, 0.5) is 5.69 Å². The third kappa shape index (κ3) is 4.65. The maximum atomic E-state index is 13.8. The molecule has 0 aromatic heterocycles. The molecule has 0 spiro atoms. The average molecular weight is 465 g/mol. The fourth-order valence-corrected chi connectivity index (χ4v) is 5.93. The fourth-order valence-electron chi connectivity index (χ4n) is 4.31. The van der Waals surface area contributed by atoms with Crippen LogP contribution in [0.2, 0.25) is 0 Å². The molecule has 1 unspecified atom stereocenters. The zero-order chi connectivity index (χ0) is 23.6. The normalized spacial score (nSPS) is 15.5. The van der Waals surface area contributed by atoms with Gasteiger partial charge in [0.1, 0.15) is 10.6 Å². The van der Waals surface area contributed by atoms with Crippen LogP contribution in [0.3, 0.4) is 0 Å². The van der Waals surface area contributed by atoms with Crippen molar-refractivity contribution in [3.05, 3.63) is 89.5 Å². The molecular formula is C26H28N2O4S. The molecule has 0 fully saturated rings. The Kier molecular flexibility index (Phi) is 6.54. The van der Waals surface area contributed by atoms with Crippen molar-refractivity contribution in [3.63, 3.8) is 0 Å². The number of carbonyl (C=O) groups excluding carboxylic acids is 1. The Morgan fingerprint density at radius 1 is 1.06 bits per heavy atom. The molecule has 0 radical (unpaired) electrons. The summed E-state index contributed by atoms with van der Waals surface area (Å²) in [5.74, 6) is 0.00423. The highest BCUT2D eigenvalue weighted by molar-refractivity contribution is 7.89. The van der Waals surface area contributed by atoms with Crippen molar-refractivity contribution in [3.8, 4) is 5.75 Å². The lowest BCUT2D eigenvalue weighted by molar-refractivity contribution is -0.119. The minimum Gasteiger partial charge on any atom is -0.495 e. The van der Waals surface area contributed by atoms with E-state index in [0.29, 0.717) is 0 Å². The minimum absolute atomic E-state index is 0.0373. The van der Waals surface area contributed by atoms with Gasteiger partial charge in [0.15, 0.2) is 0 Å². The van der Waals surface area contributed by atoms with E-state index in [1.165, 1.54) is 11.4 Å². The first kappa shape index (κ1) is 23.0. The van der Waals surface area contributed by atoms with Gasteiger partial charge in [0, 0.05) is 18.3 Å².